The van der Waals surface area contributed by atoms with Crippen LogP contribution in [0.2, 0.25) is 0 Å². The molecule has 122 valence electrons. The monoisotopic (exact) mass is 326 g/mol. The summed E-state index contributed by atoms with van der Waals surface area (Å²) in [6.07, 6.45) is 5.11. The maximum atomic E-state index is 4.66. The Morgan fingerprint density at radius 1 is 0.840 bits per heavy atom. The Kier molecular flexibility index (Phi) is 5.22. The van der Waals surface area contributed by atoms with E-state index in [0.717, 1.165) is 16.7 Å². The second-order valence-corrected chi connectivity index (χ2v) is 5.24. The van der Waals surface area contributed by atoms with Crippen LogP contribution in [0.1, 0.15) is 12.7 Å². The molecule has 0 spiro atoms. The van der Waals surface area contributed by atoms with Crippen molar-refractivity contribution in [3.05, 3.63) is 85.3 Å². The summed E-state index contributed by atoms with van der Waals surface area (Å²) in [5.41, 5.74) is 2.70. The van der Waals surface area contributed by atoms with Gasteiger partial charge in [0, 0.05) is 29.1 Å². The van der Waals surface area contributed by atoms with Crippen molar-refractivity contribution in [3.8, 4) is 22.8 Å². The molecule has 3 aromatic rings. The number of allylic oxidation sites excluding steroid dienone is 2. The quantitative estimate of drug-likeness (QED) is 0.631. The molecule has 0 N–H and O–H groups in total. The van der Waals surface area contributed by atoms with Crippen molar-refractivity contribution in [1.29, 1.82) is 0 Å². The minimum absolute atomic E-state index is 0.584. The highest BCUT2D eigenvalue weighted by Crippen LogP contribution is 2.22. The van der Waals surface area contributed by atoms with Crippen molar-refractivity contribution in [3.63, 3.8) is 0 Å². The Morgan fingerprint density at radius 3 is 1.80 bits per heavy atom. The van der Waals surface area contributed by atoms with Crippen LogP contribution in [-0.4, -0.2) is 21.2 Å². The highest BCUT2D eigenvalue weighted by molar-refractivity contribution is 6.08. The molecule has 0 fully saturated rings. The largest absolute Gasteiger partial charge is 0.265 e. The van der Waals surface area contributed by atoms with Gasteiger partial charge >= 0.3 is 0 Å². The van der Waals surface area contributed by atoms with Crippen LogP contribution in [0.3, 0.4) is 0 Å². The molecule has 0 radical (unpaired) electrons. The number of aliphatic imine (C=N–C) groups is 1. The Hall–Kier alpha value is -3.40. The fourth-order valence-corrected chi connectivity index (χ4v) is 2.33. The summed E-state index contributed by atoms with van der Waals surface area (Å²) in [6.45, 7) is 5.54. The molecule has 1 heterocycles. The zero-order chi connectivity index (χ0) is 17.5. The third-order valence-electron chi connectivity index (χ3n) is 3.59. The molecule has 4 nitrogen and oxygen atoms in total. The molecule has 3 rings (SSSR count). The number of hydrogen-bond acceptors (Lipinski definition) is 4. The van der Waals surface area contributed by atoms with Crippen LogP contribution >= 0.6 is 0 Å². The van der Waals surface area contributed by atoms with E-state index in [1.165, 1.54) is 6.20 Å². The van der Waals surface area contributed by atoms with Crippen LogP contribution in [0.15, 0.2) is 84.5 Å². The van der Waals surface area contributed by atoms with E-state index in [-0.39, 0.29) is 0 Å². The molecule has 2 aromatic carbocycles. The highest BCUT2D eigenvalue weighted by Gasteiger charge is 2.12. The van der Waals surface area contributed by atoms with Crippen molar-refractivity contribution in [2.24, 2.45) is 4.99 Å². The molecule has 0 bridgehead atoms. The Morgan fingerprint density at radius 2 is 1.36 bits per heavy atom. The summed E-state index contributed by atoms with van der Waals surface area (Å²) in [5, 5.41) is 0. The maximum Gasteiger partial charge on any atom is 0.165 e. The molecular formula is C21H18N4. The van der Waals surface area contributed by atoms with Gasteiger partial charge < -0.3 is 0 Å². The zero-order valence-corrected chi connectivity index (χ0v) is 14.0. The smallest absolute Gasteiger partial charge is 0.165 e. The van der Waals surface area contributed by atoms with Gasteiger partial charge in [-0.15, -0.1) is 0 Å². The normalized spacial score (nSPS) is 11.6. The Balaban J connectivity index is 2.18. The minimum atomic E-state index is 0.584. The van der Waals surface area contributed by atoms with Gasteiger partial charge in [0.15, 0.2) is 17.5 Å². The second kappa shape index (κ2) is 7.93. The van der Waals surface area contributed by atoms with Gasteiger partial charge in [-0.05, 0) is 6.92 Å². The van der Waals surface area contributed by atoms with E-state index in [1.807, 2.05) is 73.7 Å². The number of nitrogens with zero attached hydrogens (tertiary/aromatic N) is 4. The molecule has 25 heavy (non-hydrogen) atoms. The number of benzene rings is 2. The van der Waals surface area contributed by atoms with Gasteiger partial charge in [0.05, 0.1) is 0 Å². The van der Waals surface area contributed by atoms with Crippen LogP contribution in [0.4, 0.5) is 0 Å². The third-order valence-corrected chi connectivity index (χ3v) is 3.59. The second-order valence-electron chi connectivity index (χ2n) is 5.24. The molecule has 0 aliphatic rings. The first-order valence-corrected chi connectivity index (χ1v) is 7.99. The Labute approximate surface area is 147 Å². The fraction of sp³-hybridized carbons (Fsp3) is 0.0476. The SMILES string of the molecule is C=C/N=C\C(=C/C)c1nc(-c2ccccc2)nc(-c2ccccc2)n1. The summed E-state index contributed by atoms with van der Waals surface area (Å²) >= 11 is 0. The van der Waals surface area contributed by atoms with Crippen molar-refractivity contribution in [1.82, 2.24) is 15.0 Å². The van der Waals surface area contributed by atoms with Crippen LogP contribution in [0.5, 0.6) is 0 Å². The maximum absolute atomic E-state index is 4.66. The lowest BCUT2D eigenvalue weighted by Crippen LogP contribution is -2.03. The summed E-state index contributed by atoms with van der Waals surface area (Å²) in [5.74, 6) is 1.85. The van der Waals surface area contributed by atoms with Crippen LogP contribution in [0, 0.1) is 0 Å². The number of hydrogen-bond donors (Lipinski definition) is 0. The molecule has 4 heteroatoms. The third kappa shape index (κ3) is 3.93. The molecule has 0 atom stereocenters. The highest BCUT2D eigenvalue weighted by atomic mass is 15.0. The van der Waals surface area contributed by atoms with E-state index in [4.69, 9.17) is 0 Å². The fourth-order valence-electron chi connectivity index (χ4n) is 2.33. The van der Waals surface area contributed by atoms with Crippen molar-refractivity contribution in [2.75, 3.05) is 0 Å². The first-order valence-electron chi connectivity index (χ1n) is 7.99. The molecule has 0 aliphatic carbocycles. The summed E-state index contributed by atoms with van der Waals surface area (Å²) in [6, 6.07) is 19.8. The molecule has 1 aromatic heterocycles. The van der Waals surface area contributed by atoms with Crippen LogP contribution < -0.4 is 0 Å². The van der Waals surface area contributed by atoms with Gasteiger partial charge in [-0.2, -0.15) is 0 Å². The number of aromatic nitrogens is 3. The lowest BCUT2D eigenvalue weighted by Gasteiger charge is -2.08. The molecule has 0 saturated carbocycles. The topological polar surface area (TPSA) is 51.0 Å². The van der Waals surface area contributed by atoms with Gasteiger partial charge in [-0.1, -0.05) is 73.3 Å². The molecule has 0 saturated heterocycles. The van der Waals surface area contributed by atoms with E-state index < -0.39 is 0 Å². The lowest BCUT2D eigenvalue weighted by molar-refractivity contribution is 1.04. The lowest BCUT2D eigenvalue weighted by atomic mass is 10.1. The Bertz CT molecular complexity index is 855. The van der Waals surface area contributed by atoms with Crippen LogP contribution in [-0.2, 0) is 0 Å². The van der Waals surface area contributed by atoms with Gasteiger partial charge in [0.25, 0.3) is 0 Å². The van der Waals surface area contributed by atoms with E-state index in [2.05, 4.69) is 26.5 Å². The van der Waals surface area contributed by atoms with Gasteiger partial charge in [-0.25, -0.2) is 15.0 Å². The van der Waals surface area contributed by atoms with Crippen molar-refractivity contribution < 1.29 is 0 Å². The molecule has 0 unspecified atom stereocenters. The predicted molar refractivity (Wildman–Crippen MR) is 103 cm³/mol. The van der Waals surface area contributed by atoms with Gasteiger partial charge in [0.2, 0.25) is 0 Å². The van der Waals surface area contributed by atoms with E-state index >= 15 is 0 Å². The average Bonchev–Trinajstić information content (AvgIpc) is 2.70. The summed E-state index contributed by atoms with van der Waals surface area (Å²) < 4.78 is 0. The molecule has 0 amide bonds. The standard InChI is InChI=1S/C21H18N4/c1-3-16(15-22-4-2)19-23-20(17-11-7-5-8-12-17)25-21(24-19)18-13-9-6-10-14-18/h3-15H,2H2,1H3/b16-3+,22-15-. The molecule has 0 aliphatic heterocycles. The van der Waals surface area contributed by atoms with E-state index in [1.54, 1.807) is 6.21 Å². The van der Waals surface area contributed by atoms with Crippen molar-refractivity contribution in [2.45, 2.75) is 6.92 Å². The van der Waals surface area contributed by atoms with Crippen molar-refractivity contribution >= 4 is 11.8 Å². The predicted octanol–water partition coefficient (Wildman–Crippen LogP) is 4.82. The summed E-state index contributed by atoms with van der Waals surface area (Å²) in [7, 11) is 0. The average molecular weight is 326 g/mol. The number of rotatable bonds is 5. The van der Waals surface area contributed by atoms with Crippen LogP contribution in [0.25, 0.3) is 28.3 Å². The molecular weight excluding hydrogens is 308 g/mol. The van der Waals surface area contributed by atoms with E-state index in [0.29, 0.717) is 17.5 Å². The minimum Gasteiger partial charge on any atom is -0.265 e. The zero-order valence-electron chi connectivity index (χ0n) is 14.0. The van der Waals surface area contributed by atoms with E-state index in [9.17, 15) is 0 Å². The van der Waals surface area contributed by atoms with Gasteiger partial charge in [-0.3, -0.25) is 4.99 Å². The first kappa shape index (κ1) is 16.5. The van der Waals surface area contributed by atoms with Gasteiger partial charge in [0.1, 0.15) is 0 Å². The summed E-state index contributed by atoms with van der Waals surface area (Å²) in [4.78, 5) is 18.0. The first-order chi connectivity index (χ1) is 12.3.